The van der Waals surface area contributed by atoms with Crippen molar-refractivity contribution >= 4 is 29.7 Å². The molecule has 0 unspecified atom stereocenters. The minimum Gasteiger partial charge on any atom is -0.461 e. The fourth-order valence-corrected chi connectivity index (χ4v) is 3.85. The highest BCUT2D eigenvalue weighted by Gasteiger charge is 2.25. The van der Waals surface area contributed by atoms with Gasteiger partial charge >= 0.3 is 6.09 Å². The minimum atomic E-state index is -0.444. The maximum Gasteiger partial charge on any atom is 0.409 e. The number of ether oxygens (including phenoxy) is 1. The first kappa shape index (κ1) is 21.7. The molecule has 0 saturated carbocycles. The molecule has 0 spiro atoms. The lowest BCUT2D eigenvalue weighted by Crippen LogP contribution is -2.51. The van der Waals surface area contributed by atoms with Crippen LogP contribution in [0.4, 0.5) is 4.79 Å². The molecule has 1 saturated heterocycles. The van der Waals surface area contributed by atoms with E-state index in [1.807, 2.05) is 0 Å². The SMILES string of the molecule is CCOC(=O)N1CCN(C(=O)CSc2nnc(-c3ccco3)n2CCC(N)=O)CC1. The summed E-state index contributed by atoms with van der Waals surface area (Å²) in [7, 11) is 0. The third-order valence-electron chi connectivity index (χ3n) is 4.52. The number of hydrogen-bond donors (Lipinski definition) is 1. The molecule has 30 heavy (non-hydrogen) atoms. The molecular formula is C18H24N6O5S. The Balaban J connectivity index is 1.59. The molecule has 0 aromatic carbocycles. The summed E-state index contributed by atoms with van der Waals surface area (Å²) in [6.07, 6.45) is 1.28. The van der Waals surface area contributed by atoms with Crippen LogP contribution >= 0.6 is 11.8 Å². The molecule has 3 rings (SSSR count). The number of carbonyl (C=O) groups is 3. The predicted molar refractivity (Wildman–Crippen MR) is 107 cm³/mol. The van der Waals surface area contributed by atoms with Crippen LogP contribution in [-0.4, -0.2) is 81.0 Å². The summed E-state index contributed by atoms with van der Waals surface area (Å²) >= 11 is 1.23. The second-order valence-electron chi connectivity index (χ2n) is 6.51. The molecule has 0 atom stereocenters. The molecule has 2 aromatic rings. The number of nitrogens with two attached hydrogens (primary N) is 1. The zero-order chi connectivity index (χ0) is 21.5. The van der Waals surface area contributed by atoms with Crippen LogP contribution in [0.25, 0.3) is 11.6 Å². The van der Waals surface area contributed by atoms with Crippen LogP contribution in [0.2, 0.25) is 0 Å². The molecule has 12 heteroatoms. The number of aromatic nitrogens is 3. The van der Waals surface area contributed by atoms with Crippen molar-refractivity contribution in [2.75, 3.05) is 38.5 Å². The molecule has 1 fully saturated rings. The predicted octanol–water partition coefficient (Wildman–Crippen LogP) is 0.806. The summed E-state index contributed by atoms with van der Waals surface area (Å²) < 4.78 is 12.1. The Morgan fingerprint density at radius 3 is 2.57 bits per heavy atom. The Bertz CT molecular complexity index is 876. The van der Waals surface area contributed by atoms with Crippen LogP contribution < -0.4 is 5.73 Å². The van der Waals surface area contributed by atoms with Crippen molar-refractivity contribution in [3.8, 4) is 11.6 Å². The number of thioether (sulfide) groups is 1. The number of hydrogen-bond acceptors (Lipinski definition) is 8. The summed E-state index contributed by atoms with van der Waals surface area (Å²) in [6.45, 7) is 4.14. The molecule has 0 radical (unpaired) electrons. The fourth-order valence-electron chi connectivity index (χ4n) is 2.98. The number of nitrogens with zero attached hydrogens (tertiary/aromatic N) is 5. The summed E-state index contributed by atoms with van der Waals surface area (Å²) in [5, 5.41) is 8.78. The number of furan rings is 1. The van der Waals surface area contributed by atoms with Gasteiger partial charge in [0.2, 0.25) is 11.8 Å². The lowest BCUT2D eigenvalue weighted by atomic mass is 10.3. The third-order valence-corrected chi connectivity index (χ3v) is 5.47. The van der Waals surface area contributed by atoms with Gasteiger partial charge in [0.05, 0.1) is 18.6 Å². The van der Waals surface area contributed by atoms with Crippen molar-refractivity contribution < 1.29 is 23.5 Å². The Hall–Kier alpha value is -3.02. The average molecular weight is 436 g/mol. The van der Waals surface area contributed by atoms with Crippen LogP contribution in [0.1, 0.15) is 13.3 Å². The van der Waals surface area contributed by atoms with Gasteiger partial charge < -0.3 is 24.7 Å². The monoisotopic (exact) mass is 436 g/mol. The molecule has 2 N–H and O–H groups in total. The van der Waals surface area contributed by atoms with E-state index in [0.29, 0.717) is 49.5 Å². The number of piperazine rings is 1. The maximum absolute atomic E-state index is 12.6. The zero-order valence-corrected chi connectivity index (χ0v) is 17.5. The van der Waals surface area contributed by atoms with E-state index in [2.05, 4.69) is 10.2 Å². The van der Waals surface area contributed by atoms with E-state index < -0.39 is 5.91 Å². The standard InChI is InChI=1S/C18H24N6O5S/c1-2-28-18(27)23-9-7-22(8-10-23)15(26)12-30-17-21-20-16(13-4-3-11-29-13)24(17)6-5-14(19)25/h3-4,11H,2,5-10,12H2,1H3,(H2,19,25). The van der Waals surface area contributed by atoms with E-state index in [1.165, 1.54) is 18.0 Å². The molecule has 2 aromatic heterocycles. The van der Waals surface area contributed by atoms with Gasteiger partial charge in [-0.3, -0.25) is 14.2 Å². The highest BCUT2D eigenvalue weighted by atomic mass is 32.2. The summed E-state index contributed by atoms with van der Waals surface area (Å²) in [5.74, 6) is 0.638. The molecule has 162 valence electrons. The van der Waals surface area contributed by atoms with Crippen molar-refractivity contribution in [3.63, 3.8) is 0 Å². The molecule has 3 heterocycles. The molecule has 0 aliphatic carbocycles. The maximum atomic E-state index is 12.6. The Morgan fingerprint density at radius 2 is 1.93 bits per heavy atom. The minimum absolute atomic E-state index is 0.0625. The van der Waals surface area contributed by atoms with Crippen LogP contribution in [0, 0.1) is 0 Å². The normalized spacial score (nSPS) is 14.0. The first-order chi connectivity index (χ1) is 14.5. The zero-order valence-electron chi connectivity index (χ0n) is 16.7. The summed E-state index contributed by atoms with van der Waals surface area (Å²) in [6, 6.07) is 3.47. The van der Waals surface area contributed by atoms with Gasteiger partial charge in [-0.15, -0.1) is 10.2 Å². The van der Waals surface area contributed by atoms with E-state index >= 15 is 0 Å². The van der Waals surface area contributed by atoms with Gasteiger partial charge in [-0.1, -0.05) is 11.8 Å². The number of carbonyl (C=O) groups excluding carboxylic acids is 3. The van der Waals surface area contributed by atoms with Gasteiger partial charge in [0.15, 0.2) is 16.7 Å². The smallest absolute Gasteiger partial charge is 0.409 e. The van der Waals surface area contributed by atoms with Crippen LogP contribution in [0.5, 0.6) is 0 Å². The summed E-state index contributed by atoms with van der Waals surface area (Å²) in [4.78, 5) is 38.9. The van der Waals surface area contributed by atoms with Crippen molar-refractivity contribution in [2.24, 2.45) is 5.73 Å². The lowest BCUT2D eigenvalue weighted by Gasteiger charge is -2.34. The highest BCUT2D eigenvalue weighted by molar-refractivity contribution is 7.99. The van der Waals surface area contributed by atoms with E-state index in [4.69, 9.17) is 14.9 Å². The fraction of sp³-hybridized carbons (Fsp3) is 0.500. The summed E-state index contributed by atoms with van der Waals surface area (Å²) in [5.41, 5.74) is 5.28. The van der Waals surface area contributed by atoms with E-state index in [9.17, 15) is 14.4 Å². The van der Waals surface area contributed by atoms with Gasteiger partial charge in [0.1, 0.15) is 0 Å². The second-order valence-corrected chi connectivity index (χ2v) is 7.45. The van der Waals surface area contributed by atoms with Crippen LogP contribution in [-0.2, 0) is 20.9 Å². The molecule has 3 amide bonds. The first-order valence-corrected chi connectivity index (χ1v) is 10.6. The number of rotatable bonds is 8. The van der Waals surface area contributed by atoms with Gasteiger partial charge in [0, 0.05) is 39.1 Å². The van der Waals surface area contributed by atoms with E-state index in [-0.39, 0.29) is 30.7 Å². The average Bonchev–Trinajstić information content (AvgIpc) is 3.40. The van der Waals surface area contributed by atoms with Gasteiger partial charge in [-0.2, -0.15) is 0 Å². The molecular weight excluding hydrogens is 412 g/mol. The van der Waals surface area contributed by atoms with E-state index in [1.54, 1.807) is 33.4 Å². The second kappa shape index (κ2) is 10.1. The molecule has 0 bridgehead atoms. The Morgan fingerprint density at radius 1 is 1.20 bits per heavy atom. The molecule has 1 aliphatic rings. The highest BCUT2D eigenvalue weighted by Crippen LogP contribution is 2.25. The van der Waals surface area contributed by atoms with Crippen LogP contribution in [0.15, 0.2) is 28.0 Å². The van der Waals surface area contributed by atoms with Crippen molar-refractivity contribution in [3.05, 3.63) is 18.4 Å². The van der Waals surface area contributed by atoms with Crippen molar-refractivity contribution in [1.29, 1.82) is 0 Å². The van der Waals surface area contributed by atoms with Crippen molar-refractivity contribution in [1.82, 2.24) is 24.6 Å². The first-order valence-electron chi connectivity index (χ1n) is 9.57. The van der Waals surface area contributed by atoms with Crippen LogP contribution in [0.3, 0.4) is 0 Å². The Kier molecular flexibility index (Phi) is 7.33. The molecule has 1 aliphatic heterocycles. The van der Waals surface area contributed by atoms with Crippen molar-refractivity contribution in [2.45, 2.75) is 25.0 Å². The van der Waals surface area contributed by atoms with Gasteiger partial charge in [-0.25, -0.2) is 4.79 Å². The quantitative estimate of drug-likeness (QED) is 0.600. The lowest BCUT2D eigenvalue weighted by molar-refractivity contribution is -0.130. The van der Waals surface area contributed by atoms with Gasteiger partial charge in [-0.05, 0) is 19.1 Å². The molecule has 11 nitrogen and oxygen atoms in total. The van der Waals surface area contributed by atoms with Gasteiger partial charge in [0.25, 0.3) is 0 Å². The Labute approximate surface area is 177 Å². The number of amides is 3. The topological polar surface area (TPSA) is 137 Å². The van der Waals surface area contributed by atoms with E-state index in [0.717, 1.165) is 0 Å². The third kappa shape index (κ3) is 5.32. The largest absolute Gasteiger partial charge is 0.461 e. The number of primary amides is 1.